The van der Waals surface area contributed by atoms with Crippen LogP contribution in [-0.2, 0) is 23.2 Å². The summed E-state index contributed by atoms with van der Waals surface area (Å²) in [4.78, 5) is 38.1. The van der Waals surface area contributed by atoms with Crippen LogP contribution in [0.3, 0.4) is 0 Å². The fraction of sp³-hybridized carbons (Fsp3) is 0.559. The predicted octanol–water partition coefficient (Wildman–Crippen LogP) is 7.75. The molecule has 0 bridgehead atoms. The van der Waals surface area contributed by atoms with Crippen LogP contribution >= 0.6 is 0 Å². The van der Waals surface area contributed by atoms with Gasteiger partial charge in [-0.25, -0.2) is 9.69 Å². The van der Waals surface area contributed by atoms with Crippen molar-refractivity contribution in [1.82, 2.24) is 10.2 Å². The Morgan fingerprint density at radius 2 is 1.18 bits per heavy atom. The molecule has 10 heteroatoms. The summed E-state index contributed by atoms with van der Waals surface area (Å²) in [6, 6.07) is 19.1. The Morgan fingerprint density at radius 1 is 0.750 bits per heavy atom. The number of β-lactam (4-membered cyclic amide) rings is 2. The van der Waals surface area contributed by atoms with Crippen LogP contribution in [0.2, 0.25) is 36.3 Å². The van der Waals surface area contributed by atoms with Crippen molar-refractivity contribution in [1.29, 1.82) is 0 Å². The topological polar surface area (TPSA) is 94.2 Å². The zero-order chi connectivity index (χ0) is 33.3. The van der Waals surface area contributed by atoms with E-state index in [1.165, 1.54) is 4.90 Å². The number of hydrogen-bond acceptors (Lipinski definition) is 6. The van der Waals surface area contributed by atoms with Crippen molar-refractivity contribution in [3.8, 4) is 0 Å². The summed E-state index contributed by atoms with van der Waals surface area (Å²) in [5.41, 5.74) is 2.00. The SMILES string of the molecule is CC(C)(C)[Si](C)(C)O[C@H]1C(=O)N[C@H]1c1ccccc1.CC(C)OC(=O)N1C(=O)[C@H](O[Si](C)(C)C(C)(C)C)[C@@H]1c1ccccc1. The summed E-state index contributed by atoms with van der Waals surface area (Å²) < 4.78 is 17.8. The molecule has 0 spiro atoms. The molecule has 2 saturated heterocycles. The maximum Gasteiger partial charge on any atom is 0.417 e. The van der Waals surface area contributed by atoms with Gasteiger partial charge < -0.3 is 18.9 Å². The number of ether oxygens (including phenoxy) is 1. The molecule has 4 rings (SSSR count). The molecule has 1 N–H and O–H groups in total. The Morgan fingerprint density at radius 3 is 1.59 bits per heavy atom. The van der Waals surface area contributed by atoms with Gasteiger partial charge in [0.15, 0.2) is 22.7 Å². The molecular weight excluding hydrogens is 589 g/mol. The first-order valence-corrected chi connectivity index (χ1v) is 21.3. The van der Waals surface area contributed by atoms with Crippen LogP contribution in [0.15, 0.2) is 60.7 Å². The van der Waals surface area contributed by atoms with Crippen molar-refractivity contribution in [3.05, 3.63) is 71.8 Å². The molecule has 3 amide bonds. The molecule has 2 heterocycles. The van der Waals surface area contributed by atoms with Crippen molar-refractivity contribution in [3.63, 3.8) is 0 Å². The van der Waals surface area contributed by atoms with Crippen LogP contribution in [0, 0.1) is 0 Å². The van der Waals surface area contributed by atoms with Gasteiger partial charge in [0, 0.05) is 0 Å². The number of nitrogens with one attached hydrogen (secondary N) is 1. The van der Waals surface area contributed by atoms with E-state index in [0.29, 0.717) is 0 Å². The van der Waals surface area contributed by atoms with Gasteiger partial charge in [-0.15, -0.1) is 0 Å². The van der Waals surface area contributed by atoms with E-state index in [9.17, 15) is 14.4 Å². The fourth-order valence-electron chi connectivity index (χ4n) is 4.41. The van der Waals surface area contributed by atoms with E-state index in [1.807, 2.05) is 60.7 Å². The van der Waals surface area contributed by atoms with Crippen molar-refractivity contribution in [2.75, 3.05) is 0 Å². The standard InChI is InChI=1S/C19H29NO4Si.C15H23NO2Si/c1-13(2)23-18(22)20-15(14-11-9-8-10-12-14)16(17(20)21)24-25(6,7)19(3,4)5;1-15(2,3)19(4,5)18-13-12(16-14(13)17)11-9-7-6-8-10-11/h8-13,15-16H,1-7H3;6-10,12-13H,1-5H3,(H,16,17)/t15-,16+;12-,13+/m00/s1. The second kappa shape index (κ2) is 13.3. The lowest BCUT2D eigenvalue weighted by Gasteiger charge is -2.49. The Hall–Kier alpha value is -2.80. The number of carbonyl (C=O) groups is 3. The van der Waals surface area contributed by atoms with Gasteiger partial charge in [0.05, 0.1) is 12.1 Å². The molecule has 0 radical (unpaired) electrons. The number of imide groups is 1. The molecule has 0 aromatic heterocycles. The number of hydrogen-bond donors (Lipinski definition) is 1. The number of likely N-dealkylation sites (tertiary alicyclic amines) is 1. The fourth-order valence-corrected chi connectivity index (χ4v) is 6.86. The zero-order valence-electron chi connectivity index (χ0n) is 28.6. The van der Waals surface area contributed by atoms with Crippen LogP contribution in [0.5, 0.6) is 0 Å². The van der Waals surface area contributed by atoms with Gasteiger partial charge in [0.2, 0.25) is 0 Å². The molecular formula is C34H52N2O6Si2. The summed E-state index contributed by atoms with van der Waals surface area (Å²) in [5.74, 6) is -0.303. The maximum absolute atomic E-state index is 12.7. The monoisotopic (exact) mass is 640 g/mol. The van der Waals surface area contributed by atoms with Crippen LogP contribution in [0.25, 0.3) is 0 Å². The smallest absolute Gasteiger partial charge is 0.417 e. The van der Waals surface area contributed by atoms with Crippen LogP contribution in [0.4, 0.5) is 4.79 Å². The van der Waals surface area contributed by atoms with E-state index in [2.05, 4.69) is 73.0 Å². The lowest BCUT2D eigenvalue weighted by atomic mass is 9.91. The van der Waals surface area contributed by atoms with Gasteiger partial charge in [-0.1, -0.05) is 102 Å². The second-order valence-corrected chi connectivity index (χ2v) is 24.5. The van der Waals surface area contributed by atoms with Crippen molar-refractivity contribution in [2.24, 2.45) is 0 Å². The van der Waals surface area contributed by atoms with Crippen molar-refractivity contribution < 1.29 is 28.0 Å². The maximum atomic E-state index is 12.7. The highest BCUT2D eigenvalue weighted by molar-refractivity contribution is 6.74. The first-order chi connectivity index (χ1) is 20.2. The molecule has 2 fully saturated rings. The number of nitrogens with zero attached hydrogens (tertiary/aromatic N) is 1. The molecule has 0 aliphatic carbocycles. The van der Waals surface area contributed by atoms with Crippen LogP contribution in [0.1, 0.15) is 78.6 Å². The molecule has 2 aromatic rings. The van der Waals surface area contributed by atoms with Gasteiger partial charge in [0.25, 0.3) is 11.8 Å². The highest BCUT2D eigenvalue weighted by Gasteiger charge is 2.56. The van der Waals surface area contributed by atoms with E-state index in [0.717, 1.165) is 11.1 Å². The largest absolute Gasteiger partial charge is 0.446 e. The number of rotatable bonds is 7. The van der Waals surface area contributed by atoms with Gasteiger partial charge in [-0.3, -0.25) is 9.59 Å². The van der Waals surface area contributed by atoms with E-state index in [4.69, 9.17) is 13.6 Å². The molecule has 4 atom stereocenters. The second-order valence-electron chi connectivity index (χ2n) is 15.0. The summed E-state index contributed by atoms with van der Waals surface area (Å²) in [6.45, 7) is 25.1. The van der Waals surface area contributed by atoms with Crippen LogP contribution < -0.4 is 5.32 Å². The van der Waals surface area contributed by atoms with Crippen molar-refractivity contribution in [2.45, 2.75) is 122 Å². The molecule has 0 unspecified atom stereocenters. The third kappa shape index (κ3) is 7.88. The molecule has 2 aromatic carbocycles. The van der Waals surface area contributed by atoms with E-state index in [-0.39, 0.29) is 40.1 Å². The lowest BCUT2D eigenvalue weighted by Crippen LogP contribution is -2.65. The highest BCUT2D eigenvalue weighted by atomic mass is 28.4. The third-order valence-corrected chi connectivity index (χ3v) is 18.1. The summed E-state index contributed by atoms with van der Waals surface area (Å²) in [5, 5.41) is 3.04. The predicted molar refractivity (Wildman–Crippen MR) is 179 cm³/mol. The minimum Gasteiger partial charge on any atom is -0.446 e. The Labute approximate surface area is 266 Å². The molecule has 44 heavy (non-hydrogen) atoms. The third-order valence-electron chi connectivity index (χ3n) is 9.19. The normalized spacial score (nSPS) is 22.3. The van der Waals surface area contributed by atoms with Crippen molar-refractivity contribution >= 4 is 34.5 Å². The molecule has 8 nitrogen and oxygen atoms in total. The highest BCUT2D eigenvalue weighted by Crippen LogP contribution is 2.44. The molecule has 242 valence electrons. The number of carbonyl (C=O) groups excluding carboxylic acids is 3. The van der Waals surface area contributed by atoms with E-state index >= 15 is 0 Å². The van der Waals surface area contributed by atoms with E-state index < -0.39 is 34.9 Å². The van der Waals surface area contributed by atoms with Gasteiger partial charge >= 0.3 is 6.09 Å². The summed E-state index contributed by atoms with van der Waals surface area (Å²) in [6.07, 6.45) is -1.85. The van der Waals surface area contributed by atoms with Gasteiger partial charge in [-0.05, 0) is 61.2 Å². The number of amides is 3. The quantitative estimate of drug-likeness (QED) is 0.246. The first kappa shape index (κ1) is 35.7. The zero-order valence-corrected chi connectivity index (χ0v) is 30.6. The summed E-state index contributed by atoms with van der Waals surface area (Å²) >= 11 is 0. The van der Waals surface area contributed by atoms with Crippen LogP contribution in [-0.4, -0.2) is 57.8 Å². The van der Waals surface area contributed by atoms with Gasteiger partial charge in [-0.2, -0.15) is 0 Å². The molecule has 2 aliphatic heterocycles. The van der Waals surface area contributed by atoms with Gasteiger partial charge in [0.1, 0.15) is 12.1 Å². The summed E-state index contributed by atoms with van der Waals surface area (Å²) in [7, 11) is -4.07. The lowest BCUT2D eigenvalue weighted by molar-refractivity contribution is -0.161. The first-order valence-electron chi connectivity index (χ1n) is 15.5. The average molecular weight is 641 g/mol. The Bertz CT molecular complexity index is 1300. The molecule has 2 aliphatic rings. The van der Waals surface area contributed by atoms with E-state index in [1.54, 1.807) is 13.8 Å². The average Bonchev–Trinajstić information content (AvgIpc) is 2.91. The number of benzene rings is 2. The Kier molecular flexibility index (Phi) is 10.8. The minimum absolute atomic E-state index is 0.00262. The Balaban J connectivity index is 0.000000249. The molecule has 0 saturated carbocycles. The minimum atomic E-state index is -2.15.